The Balaban J connectivity index is 2.34. The molecule has 5 nitrogen and oxygen atoms in total. The van der Waals surface area contributed by atoms with Crippen LogP contribution in [0.5, 0.6) is 0 Å². The molecule has 5 heteroatoms. The first-order chi connectivity index (χ1) is 8.61. The summed E-state index contributed by atoms with van der Waals surface area (Å²) in [5.74, 6) is 0.547. The first-order valence-electron chi connectivity index (χ1n) is 5.89. The number of H-pyrrole nitrogens is 1. The van der Waals surface area contributed by atoms with Gasteiger partial charge in [-0.1, -0.05) is 0 Å². The molecule has 1 N–H and O–H groups in total. The average molecular weight is 244 g/mol. The Kier molecular flexibility index (Phi) is 3.41. The SMILES string of the molecule is CCn1nc(C)c(/C=C/c2nccc(=O)[nH]2)c1C. The van der Waals surface area contributed by atoms with Crippen molar-refractivity contribution < 1.29 is 0 Å². The summed E-state index contributed by atoms with van der Waals surface area (Å²) in [7, 11) is 0. The summed E-state index contributed by atoms with van der Waals surface area (Å²) >= 11 is 0. The molecule has 0 atom stereocenters. The van der Waals surface area contributed by atoms with Gasteiger partial charge >= 0.3 is 0 Å². The van der Waals surface area contributed by atoms with Gasteiger partial charge in [-0.05, 0) is 32.9 Å². The van der Waals surface area contributed by atoms with Crippen molar-refractivity contribution in [3.8, 4) is 0 Å². The first-order valence-corrected chi connectivity index (χ1v) is 5.89. The predicted molar refractivity (Wildman–Crippen MR) is 71.2 cm³/mol. The fraction of sp³-hybridized carbons (Fsp3) is 0.308. The smallest absolute Gasteiger partial charge is 0.251 e. The molecule has 0 aliphatic carbocycles. The van der Waals surface area contributed by atoms with Gasteiger partial charge in [-0.2, -0.15) is 5.10 Å². The number of hydrogen-bond acceptors (Lipinski definition) is 3. The number of aromatic amines is 1. The highest BCUT2D eigenvalue weighted by atomic mass is 16.1. The molecule has 2 aromatic rings. The highest BCUT2D eigenvalue weighted by Gasteiger charge is 2.07. The fourth-order valence-corrected chi connectivity index (χ4v) is 1.89. The molecule has 0 aliphatic rings. The minimum atomic E-state index is -0.151. The average Bonchev–Trinajstić information content (AvgIpc) is 2.62. The molecule has 0 amide bonds. The molecular formula is C13H16N4O. The van der Waals surface area contributed by atoms with Gasteiger partial charge in [0.15, 0.2) is 0 Å². The molecule has 0 fully saturated rings. The number of hydrogen-bond donors (Lipinski definition) is 1. The molecule has 2 aromatic heterocycles. The Morgan fingerprint density at radius 2 is 2.17 bits per heavy atom. The van der Waals surface area contributed by atoms with Gasteiger partial charge in [0.2, 0.25) is 0 Å². The second kappa shape index (κ2) is 5.00. The summed E-state index contributed by atoms with van der Waals surface area (Å²) in [6, 6.07) is 1.39. The lowest BCUT2D eigenvalue weighted by atomic mass is 10.2. The Bertz CT molecular complexity index is 637. The van der Waals surface area contributed by atoms with Gasteiger partial charge in [0.1, 0.15) is 5.82 Å². The van der Waals surface area contributed by atoms with Crippen LogP contribution in [0.1, 0.15) is 29.7 Å². The van der Waals surface area contributed by atoms with Crippen molar-refractivity contribution in [1.29, 1.82) is 0 Å². The van der Waals surface area contributed by atoms with E-state index in [0.29, 0.717) is 5.82 Å². The number of aryl methyl sites for hydroxylation is 2. The van der Waals surface area contributed by atoms with Crippen LogP contribution in [0.25, 0.3) is 12.2 Å². The molecule has 2 rings (SSSR count). The van der Waals surface area contributed by atoms with Crippen LogP contribution < -0.4 is 5.56 Å². The van der Waals surface area contributed by atoms with E-state index in [1.165, 1.54) is 12.3 Å². The van der Waals surface area contributed by atoms with Gasteiger partial charge in [-0.25, -0.2) is 4.98 Å². The largest absolute Gasteiger partial charge is 0.307 e. The molecule has 0 aromatic carbocycles. The van der Waals surface area contributed by atoms with Crippen LogP contribution in [0.2, 0.25) is 0 Å². The number of rotatable bonds is 3. The third-order valence-corrected chi connectivity index (χ3v) is 2.84. The second-order valence-corrected chi connectivity index (χ2v) is 4.05. The van der Waals surface area contributed by atoms with Gasteiger partial charge in [-0.3, -0.25) is 9.48 Å². The van der Waals surface area contributed by atoms with Crippen LogP contribution in [0.3, 0.4) is 0 Å². The summed E-state index contributed by atoms with van der Waals surface area (Å²) < 4.78 is 1.95. The summed E-state index contributed by atoms with van der Waals surface area (Å²) in [5, 5.41) is 4.43. The van der Waals surface area contributed by atoms with Crippen molar-refractivity contribution in [2.45, 2.75) is 27.3 Å². The van der Waals surface area contributed by atoms with Gasteiger partial charge in [-0.15, -0.1) is 0 Å². The standard InChI is InChI=1S/C13H16N4O/c1-4-17-10(3)11(9(2)16-17)5-6-12-14-8-7-13(18)15-12/h5-8H,4H2,1-3H3,(H,14,15,18)/b6-5+. The molecule has 0 radical (unpaired) electrons. The number of nitrogens with one attached hydrogen (secondary N) is 1. The van der Waals surface area contributed by atoms with E-state index in [4.69, 9.17) is 0 Å². The lowest BCUT2D eigenvalue weighted by molar-refractivity contribution is 0.634. The van der Waals surface area contributed by atoms with Crippen LogP contribution >= 0.6 is 0 Å². The van der Waals surface area contributed by atoms with Gasteiger partial charge in [0.25, 0.3) is 5.56 Å². The second-order valence-electron chi connectivity index (χ2n) is 4.05. The Morgan fingerprint density at radius 1 is 1.39 bits per heavy atom. The first kappa shape index (κ1) is 12.3. The Hall–Kier alpha value is -2.17. The van der Waals surface area contributed by atoms with Crippen molar-refractivity contribution in [3.63, 3.8) is 0 Å². The van der Waals surface area contributed by atoms with E-state index in [1.807, 2.05) is 24.6 Å². The molecular weight excluding hydrogens is 228 g/mol. The molecule has 0 unspecified atom stereocenters. The van der Waals surface area contributed by atoms with Crippen LogP contribution in [0.15, 0.2) is 17.1 Å². The minimum Gasteiger partial charge on any atom is -0.307 e. The predicted octanol–water partition coefficient (Wildman–Crippen LogP) is 1.77. The maximum Gasteiger partial charge on any atom is 0.251 e. The van der Waals surface area contributed by atoms with Crippen molar-refractivity contribution >= 4 is 12.2 Å². The zero-order chi connectivity index (χ0) is 13.1. The summed E-state index contributed by atoms with van der Waals surface area (Å²) in [6.45, 7) is 6.91. The lowest BCUT2D eigenvalue weighted by Crippen LogP contribution is -2.05. The van der Waals surface area contributed by atoms with Crippen LogP contribution in [-0.2, 0) is 6.54 Å². The van der Waals surface area contributed by atoms with Crippen LogP contribution in [0, 0.1) is 13.8 Å². The molecule has 94 valence electrons. The maximum atomic E-state index is 11.1. The highest BCUT2D eigenvalue weighted by Crippen LogP contribution is 2.15. The monoisotopic (exact) mass is 244 g/mol. The topological polar surface area (TPSA) is 63.6 Å². The van der Waals surface area contributed by atoms with E-state index in [0.717, 1.165) is 23.5 Å². The maximum absolute atomic E-state index is 11.1. The molecule has 0 saturated heterocycles. The van der Waals surface area contributed by atoms with Gasteiger partial charge in [0.05, 0.1) is 5.69 Å². The van der Waals surface area contributed by atoms with E-state index >= 15 is 0 Å². The highest BCUT2D eigenvalue weighted by molar-refractivity contribution is 5.68. The zero-order valence-corrected chi connectivity index (χ0v) is 10.8. The zero-order valence-electron chi connectivity index (χ0n) is 10.8. The fourth-order valence-electron chi connectivity index (χ4n) is 1.89. The van der Waals surface area contributed by atoms with Crippen LogP contribution in [-0.4, -0.2) is 19.7 Å². The number of nitrogens with zero attached hydrogens (tertiary/aromatic N) is 3. The molecule has 0 spiro atoms. The van der Waals surface area contributed by atoms with Crippen molar-refractivity contribution in [1.82, 2.24) is 19.7 Å². The van der Waals surface area contributed by atoms with E-state index in [1.54, 1.807) is 6.08 Å². The van der Waals surface area contributed by atoms with E-state index in [2.05, 4.69) is 22.0 Å². The van der Waals surface area contributed by atoms with E-state index in [9.17, 15) is 4.79 Å². The third-order valence-electron chi connectivity index (χ3n) is 2.84. The summed E-state index contributed by atoms with van der Waals surface area (Å²) in [4.78, 5) is 17.9. The number of aromatic nitrogens is 4. The molecule has 0 saturated carbocycles. The summed E-state index contributed by atoms with van der Waals surface area (Å²) in [5.41, 5.74) is 3.01. The molecule has 2 heterocycles. The molecule has 18 heavy (non-hydrogen) atoms. The van der Waals surface area contributed by atoms with Crippen molar-refractivity contribution in [3.05, 3.63) is 45.4 Å². The van der Waals surface area contributed by atoms with E-state index in [-0.39, 0.29) is 5.56 Å². The van der Waals surface area contributed by atoms with Crippen molar-refractivity contribution in [2.75, 3.05) is 0 Å². The van der Waals surface area contributed by atoms with Gasteiger partial charge in [0, 0.05) is 30.1 Å². The lowest BCUT2D eigenvalue weighted by Gasteiger charge is -1.98. The quantitative estimate of drug-likeness (QED) is 0.895. The third kappa shape index (κ3) is 2.40. The van der Waals surface area contributed by atoms with Crippen molar-refractivity contribution in [2.24, 2.45) is 0 Å². The van der Waals surface area contributed by atoms with Gasteiger partial charge < -0.3 is 4.98 Å². The summed E-state index contributed by atoms with van der Waals surface area (Å²) in [6.07, 6.45) is 5.22. The van der Waals surface area contributed by atoms with Crippen LogP contribution in [0.4, 0.5) is 0 Å². The van der Waals surface area contributed by atoms with E-state index < -0.39 is 0 Å². The normalized spacial score (nSPS) is 11.3. The minimum absolute atomic E-state index is 0.151. The Morgan fingerprint density at radius 3 is 2.78 bits per heavy atom. The Labute approximate surface area is 105 Å². The molecule has 0 bridgehead atoms. The molecule has 0 aliphatic heterocycles.